The van der Waals surface area contributed by atoms with Crippen molar-refractivity contribution in [3.05, 3.63) is 71.4 Å². The molecule has 5 nitrogen and oxygen atoms in total. The number of aromatic nitrogens is 1. The van der Waals surface area contributed by atoms with Gasteiger partial charge in [-0.15, -0.1) is 0 Å². The summed E-state index contributed by atoms with van der Waals surface area (Å²) in [6, 6.07) is 11.1. The summed E-state index contributed by atoms with van der Waals surface area (Å²) in [4.78, 5) is 18.4. The average Bonchev–Trinajstić information content (AvgIpc) is 2.85. The molecule has 0 amide bonds. The van der Waals surface area contributed by atoms with E-state index in [9.17, 15) is 18.7 Å². The van der Waals surface area contributed by atoms with Gasteiger partial charge in [0.25, 0.3) is 0 Å². The average molecular weight is 479 g/mol. The third kappa shape index (κ3) is 6.14. The number of hydrogen-bond acceptors (Lipinski definition) is 4. The number of rotatable bonds is 7. The predicted molar refractivity (Wildman–Crippen MR) is 130 cm³/mol. The lowest BCUT2D eigenvalue weighted by Gasteiger charge is -2.35. The SMILES string of the molecule is COc1ccc2nccc(CCC[C@@H]3CCN(CC#Cc4ccc(F)cc4F)C[C@@H]3C(=O)O)c2c1. The quantitative estimate of drug-likeness (QED) is 0.489. The van der Waals surface area contributed by atoms with E-state index in [1.54, 1.807) is 7.11 Å². The Hall–Kier alpha value is -3.50. The molecule has 1 N–H and O–H groups in total. The van der Waals surface area contributed by atoms with E-state index in [1.807, 2.05) is 35.4 Å². The first-order valence-electron chi connectivity index (χ1n) is 11.8. The summed E-state index contributed by atoms with van der Waals surface area (Å²) in [5.41, 5.74) is 2.24. The van der Waals surface area contributed by atoms with Crippen molar-refractivity contribution in [3.8, 4) is 17.6 Å². The van der Waals surface area contributed by atoms with E-state index >= 15 is 0 Å². The lowest BCUT2D eigenvalue weighted by atomic mass is 9.81. The number of likely N-dealkylation sites (tertiary alicyclic amines) is 1. The van der Waals surface area contributed by atoms with E-state index < -0.39 is 23.5 Å². The Morgan fingerprint density at radius 1 is 1.23 bits per heavy atom. The standard InChI is InChI=1S/C28H28F2N2O3/c1-35-23-9-10-27-24(17-23)19(11-13-31-27)4-2-5-20-12-15-32(18-25(20)28(33)34)14-3-6-21-7-8-22(29)16-26(21)30/h7-11,13,16-17,20,25H,2,4-5,12,14-15,18H2,1H3,(H,33,34)/t20-,25+/m1/s1. The van der Waals surface area contributed by atoms with E-state index in [0.717, 1.165) is 54.9 Å². The number of fused-ring (bicyclic) bond motifs is 1. The smallest absolute Gasteiger partial charge is 0.308 e. The van der Waals surface area contributed by atoms with Crippen LogP contribution in [-0.4, -0.2) is 47.7 Å². The number of aliphatic carboxylic acids is 1. The van der Waals surface area contributed by atoms with Crippen molar-refractivity contribution in [2.24, 2.45) is 11.8 Å². The maximum absolute atomic E-state index is 13.8. The van der Waals surface area contributed by atoms with Crippen LogP contribution in [0.25, 0.3) is 10.9 Å². The summed E-state index contributed by atoms with van der Waals surface area (Å²) < 4.78 is 32.1. The molecule has 1 fully saturated rings. The molecule has 2 atom stereocenters. The van der Waals surface area contributed by atoms with Crippen LogP contribution in [0.4, 0.5) is 8.78 Å². The van der Waals surface area contributed by atoms with Crippen LogP contribution in [0, 0.1) is 35.3 Å². The van der Waals surface area contributed by atoms with Crippen LogP contribution in [0.5, 0.6) is 5.75 Å². The van der Waals surface area contributed by atoms with Crippen LogP contribution < -0.4 is 4.74 Å². The van der Waals surface area contributed by atoms with Crippen LogP contribution in [0.15, 0.2) is 48.7 Å². The highest BCUT2D eigenvalue weighted by atomic mass is 19.1. The maximum Gasteiger partial charge on any atom is 0.308 e. The number of pyridine rings is 1. The third-order valence-electron chi connectivity index (χ3n) is 6.67. The molecule has 182 valence electrons. The van der Waals surface area contributed by atoms with Crippen LogP contribution >= 0.6 is 0 Å². The summed E-state index contributed by atoms with van der Waals surface area (Å²) in [7, 11) is 1.64. The molecule has 35 heavy (non-hydrogen) atoms. The number of carboxylic acids is 1. The summed E-state index contributed by atoms with van der Waals surface area (Å²) >= 11 is 0. The first-order chi connectivity index (χ1) is 16.9. The van der Waals surface area contributed by atoms with Gasteiger partial charge in [-0.1, -0.05) is 11.8 Å². The molecule has 0 bridgehead atoms. The van der Waals surface area contributed by atoms with Crippen molar-refractivity contribution >= 4 is 16.9 Å². The molecule has 4 rings (SSSR count). The first-order valence-corrected chi connectivity index (χ1v) is 11.8. The normalized spacial score (nSPS) is 18.1. The Labute approximate surface area is 203 Å². The highest BCUT2D eigenvalue weighted by molar-refractivity contribution is 5.83. The van der Waals surface area contributed by atoms with Gasteiger partial charge in [-0.25, -0.2) is 8.78 Å². The highest BCUT2D eigenvalue weighted by Gasteiger charge is 2.33. The Morgan fingerprint density at radius 3 is 2.86 bits per heavy atom. The van der Waals surface area contributed by atoms with Crippen molar-refractivity contribution in [3.63, 3.8) is 0 Å². The van der Waals surface area contributed by atoms with Gasteiger partial charge in [0.1, 0.15) is 17.4 Å². The van der Waals surface area contributed by atoms with Gasteiger partial charge in [0.05, 0.1) is 30.7 Å². The van der Waals surface area contributed by atoms with Gasteiger partial charge in [0.15, 0.2) is 0 Å². The van der Waals surface area contributed by atoms with E-state index in [4.69, 9.17) is 4.74 Å². The second-order valence-electron chi connectivity index (χ2n) is 8.90. The van der Waals surface area contributed by atoms with Gasteiger partial charge >= 0.3 is 5.97 Å². The van der Waals surface area contributed by atoms with Gasteiger partial charge in [0, 0.05) is 24.2 Å². The Balaban J connectivity index is 1.34. The zero-order valence-corrected chi connectivity index (χ0v) is 19.6. The minimum atomic E-state index is -0.795. The van der Waals surface area contributed by atoms with Crippen LogP contribution in [0.3, 0.4) is 0 Å². The number of aryl methyl sites for hydroxylation is 1. The van der Waals surface area contributed by atoms with Crippen LogP contribution in [0.2, 0.25) is 0 Å². The van der Waals surface area contributed by atoms with Crippen molar-refractivity contribution in [1.29, 1.82) is 0 Å². The molecule has 3 aromatic rings. The third-order valence-corrected chi connectivity index (χ3v) is 6.67. The fraction of sp³-hybridized carbons (Fsp3) is 0.357. The molecule has 7 heteroatoms. The summed E-state index contributed by atoms with van der Waals surface area (Å²) in [6.45, 7) is 1.50. The van der Waals surface area contributed by atoms with Gasteiger partial charge < -0.3 is 9.84 Å². The van der Waals surface area contributed by atoms with Crippen molar-refractivity contribution in [2.75, 3.05) is 26.7 Å². The zero-order valence-electron chi connectivity index (χ0n) is 19.6. The maximum atomic E-state index is 13.8. The second kappa shape index (κ2) is 11.3. The second-order valence-corrected chi connectivity index (χ2v) is 8.90. The fourth-order valence-corrected chi connectivity index (χ4v) is 4.76. The zero-order chi connectivity index (χ0) is 24.8. The lowest BCUT2D eigenvalue weighted by Crippen LogP contribution is -2.44. The Bertz CT molecular complexity index is 1270. The number of nitrogens with zero attached hydrogens (tertiary/aromatic N) is 2. The van der Waals surface area contributed by atoms with Gasteiger partial charge in [-0.05, 0) is 80.1 Å². The number of methoxy groups -OCH3 is 1. The molecule has 2 aromatic carbocycles. The topological polar surface area (TPSA) is 62.7 Å². The Morgan fingerprint density at radius 2 is 2.09 bits per heavy atom. The fourth-order valence-electron chi connectivity index (χ4n) is 4.76. The number of carboxylic acid groups (broad SMARTS) is 1. The molecule has 2 heterocycles. The molecule has 0 radical (unpaired) electrons. The molecule has 0 unspecified atom stereocenters. The molecule has 1 aliphatic heterocycles. The van der Waals surface area contributed by atoms with Crippen molar-refractivity contribution in [2.45, 2.75) is 25.7 Å². The van der Waals surface area contributed by atoms with Gasteiger partial charge in [0.2, 0.25) is 0 Å². The monoisotopic (exact) mass is 478 g/mol. The largest absolute Gasteiger partial charge is 0.497 e. The number of hydrogen-bond donors (Lipinski definition) is 1. The lowest BCUT2D eigenvalue weighted by molar-refractivity contribution is -0.146. The summed E-state index contributed by atoms with van der Waals surface area (Å²) in [6.07, 6.45) is 5.13. The number of benzene rings is 2. The highest BCUT2D eigenvalue weighted by Crippen LogP contribution is 2.30. The molecule has 1 aromatic heterocycles. The molecule has 0 saturated carbocycles. The van der Waals surface area contributed by atoms with Gasteiger partial charge in [-0.2, -0.15) is 0 Å². The number of piperidine rings is 1. The Kier molecular flexibility index (Phi) is 7.94. The van der Waals surface area contributed by atoms with E-state index in [-0.39, 0.29) is 11.5 Å². The van der Waals surface area contributed by atoms with Crippen molar-refractivity contribution in [1.82, 2.24) is 9.88 Å². The van der Waals surface area contributed by atoms with Crippen LogP contribution in [0.1, 0.15) is 30.4 Å². The molecule has 0 spiro atoms. The van der Waals surface area contributed by atoms with Crippen molar-refractivity contribution < 1.29 is 23.4 Å². The number of ether oxygens (including phenoxy) is 1. The van der Waals surface area contributed by atoms with E-state index in [0.29, 0.717) is 13.1 Å². The van der Waals surface area contributed by atoms with Crippen LogP contribution in [-0.2, 0) is 11.2 Å². The van der Waals surface area contributed by atoms with Gasteiger partial charge in [-0.3, -0.25) is 14.7 Å². The predicted octanol–water partition coefficient (Wildman–Crippen LogP) is 4.92. The van der Waals surface area contributed by atoms with E-state index in [2.05, 4.69) is 16.8 Å². The minimum absolute atomic E-state index is 0.0916. The minimum Gasteiger partial charge on any atom is -0.497 e. The number of carbonyl (C=O) groups is 1. The molecular weight excluding hydrogens is 450 g/mol. The summed E-state index contributed by atoms with van der Waals surface area (Å²) in [5.74, 6) is 3.90. The number of halogens is 2. The molecular formula is C28H28F2N2O3. The molecule has 1 saturated heterocycles. The molecule has 0 aliphatic carbocycles. The summed E-state index contributed by atoms with van der Waals surface area (Å²) in [5, 5.41) is 10.9. The first kappa shape index (κ1) is 24.6. The molecule has 1 aliphatic rings. The van der Waals surface area contributed by atoms with E-state index in [1.165, 1.54) is 17.7 Å².